The predicted octanol–water partition coefficient (Wildman–Crippen LogP) is 5.31. The lowest BCUT2D eigenvalue weighted by Crippen LogP contribution is -2.43. The molecular formula is C26H26ClF4N5O2. The second-order valence-electron chi connectivity index (χ2n) is 9.46. The SMILES string of the molecule is O=C(O)c1cnn(C2CCCN(c3cc(Cl)ccc3-c3ccc(N4CCNCC4)c(F)c3)C2)c1C(F)(F)F. The molecular weight excluding hydrogens is 526 g/mol. The summed E-state index contributed by atoms with van der Waals surface area (Å²) < 4.78 is 57.5. The van der Waals surface area contributed by atoms with Gasteiger partial charge < -0.3 is 20.2 Å². The summed E-state index contributed by atoms with van der Waals surface area (Å²) >= 11 is 6.31. The molecule has 2 aliphatic heterocycles. The van der Waals surface area contributed by atoms with Crippen LogP contribution < -0.4 is 15.1 Å². The molecule has 0 amide bonds. The summed E-state index contributed by atoms with van der Waals surface area (Å²) in [5, 5.41) is 16.8. The number of alkyl halides is 3. The summed E-state index contributed by atoms with van der Waals surface area (Å²) in [7, 11) is 0. The minimum Gasteiger partial charge on any atom is -0.478 e. The fourth-order valence-corrected chi connectivity index (χ4v) is 5.46. The molecule has 202 valence electrons. The molecule has 2 aromatic carbocycles. The van der Waals surface area contributed by atoms with Crippen molar-refractivity contribution >= 4 is 28.9 Å². The van der Waals surface area contributed by atoms with Crippen LogP contribution in [0.25, 0.3) is 11.1 Å². The first kappa shape index (κ1) is 26.3. The van der Waals surface area contributed by atoms with E-state index in [1.807, 2.05) is 15.9 Å². The molecule has 2 N–H and O–H groups in total. The average Bonchev–Trinajstić information content (AvgIpc) is 3.36. The highest BCUT2D eigenvalue weighted by molar-refractivity contribution is 6.31. The van der Waals surface area contributed by atoms with Crippen LogP contribution in [0.4, 0.5) is 28.9 Å². The smallest absolute Gasteiger partial charge is 0.433 e. The summed E-state index contributed by atoms with van der Waals surface area (Å²) in [5.41, 5.74) is 0.362. The van der Waals surface area contributed by atoms with Crippen LogP contribution in [0, 0.1) is 5.82 Å². The summed E-state index contributed by atoms with van der Waals surface area (Å²) in [4.78, 5) is 15.3. The molecule has 0 aliphatic carbocycles. The Labute approximate surface area is 221 Å². The minimum absolute atomic E-state index is 0.151. The van der Waals surface area contributed by atoms with Crippen molar-refractivity contribution < 1.29 is 27.5 Å². The number of carboxylic acid groups (broad SMARTS) is 1. The fourth-order valence-electron chi connectivity index (χ4n) is 5.30. The number of anilines is 2. The predicted molar refractivity (Wildman–Crippen MR) is 137 cm³/mol. The van der Waals surface area contributed by atoms with Crippen LogP contribution in [0.3, 0.4) is 0 Å². The number of hydrogen-bond donors (Lipinski definition) is 2. The van der Waals surface area contributed by atoms with Crippen molar-refractivity contribution in [1.29, 1.82) is 0 Å². The van der Waals surface area contributed by atoms with E-state index in [0.717, 1.165) is 24.0 Å². The Bertz CT molecular complexity index is 1340. The maximum absolute atomic E-state index is 15.2. The third-order valence-electron chi connectivity index (χ3n) is 7.05. The van der Waals surface area contributed by atoms with Gasteiger partial charge in [-0.15, -0.1) is 0 Å². The molecule has 0 spiro atoms. The molecule has 3 aromatic rings. The number of rotatable bonds is 5. The van der Waals surface area contributed by atoms with Crippen LogP contribution in [0.1, 0.15) is 34.9 Å². The first-order valence-electron chi connectivity index (χ1n) is 12.3. The molecule has 0 radical (unpaired) electrons. The van der Waals surface area contributed by atoms with Gasteiger partial charge in [-0.05, 0) is 42.7 Å². The van der Waals surface area contributed by atoms with E-state index in [9.17, 15) is 23.1 Å². The number of carboxylic acids is 1. The average molecular weight is 552 g/mol. The van der Waals surface area contributed by atoms with Gasteiger partial charge in [0.2, 0.25) is 0 Å². The maximum Gasteiger partial charge on any atom is 0.433 e. The van der Waals surface area contributed by atoms with Crippen molar-refractivity contribution in [2.24, 2.45) is 0 Å². The Morgan fingerprint density at radius 3 is 2.50 bits per heavy atom. The zero-order chi connectivity index (χ0) is 27.0. The summed E-state index contributed by atoms with van der Waals surface area (Å²) in [6.45, 7) is 3.65. The number of carbonyl (C=O) groups is 1. The monoisotopic (exact) mass is 551 g/mol. The highest BCUT2D eigenvalue weighted by Crippen LogP contribution is 2.40. The Balaban J connectivity index is 1.47. The first-order chi connectivity index (χ1) is 18.1. The number of piperidine rings is 1. The molecule has 38 heavy (non-hydrogen) atoms. The molecule has 7 nitrogen and oxygen atoms in total. The fraction of sp³-hybridized carbons (Fsp3) is 0.385. The van der Waals surface area contributed by atoms with Gasteiger partial charge in [-0.3, -0.25) is 4.68 Å². The lowest BCUT2D eigenvalue weighted by Gasteiger charge is -2.36. The normalized spacial score (nSPS) is 18.6. The van der Waals surface area contributed by atoms with Gasteiger partial charge in [0, 0.05) is 55.5 Å². The molecule has 5 rings (SSSR count). The number of hydrogen-bond acceptors (Lipinski definition) is 5. The van der Waals surface area contributed by atoms with E-state index in [1.54, 1.807) is 24.3 Å². The van der Waals surface area contributed by atoms with Crippen molar-refractivity contribution in [3.8, 4) is 11.1 Å². The molecule has 0 bridgehead atoms. The van der Waals surface area contributed by atoms with Crippen LogP contribution in [0.15, 0.2) is 42.6 Å². The van der Waals surface area contributed by atoms with Crippen LogP contribution in [0.2, 0.25) is 5.02 Å². The highest BCUT2D eigenvalue weighted by atomic mass is 35.5. The Morgan fingerprint density at radius 1 is 1.05 bits per heavy atom. The van der Waals surface area contributed by atoms with Crippen LogP contribution >= 0.6 is 11.6 Å². The van der Waals surface area contributed by atoms with E-state index in [0.29, 0.717) is 60.0 Å². The number of aromatic carboxylic acids is 1. The zero-order valence-electron chi connectivity index (χ0n) is 20.3. The van der Waals surface area contributed by atoms with E-state index in [2.05, 4.69) is 10.4 Å². The van der Waals surface area contributed by atoms with E-state index in [-0.39, 0.29) is 12.4 Å². The van der Waals surface area contributed by atoms with Crippen molar-refractivity contribution in [3.63, 3.8) is 0 Å². The topological polar surface area (TPSA) is 73.6 Å². The zero-order valence-corrected chi connectivity index (χ0v) is 21.1. The number of piperazine rings is 1. The van der Waals surface area contributed by atoms with Gasteiger partial charge in [-0.25, -0.2) is 9.18 Å². The third kappa shape index (κ3) is 5.17. The number of benzene rings is 2. The molecule has 1 aromatic heterocycles. The third-order valence-corrected chi connectivity index (χ3v) is 7.29. The minimum atomic E-state index is -4.88. The standard InChI is InChI=1S/C26H26ClF4N5O2/c27-17-4-5-19(16-3-6-22(21(28)12-16)34-10-7-32-8-11-34)23(13-17)35-9-1-2-18(15-35)36-24(26(29,30)31)20(14-33-36)25(37)38/h3-6,12-14,18,32H,1-2,7-11,15H2,(H,37,38). The molecule has 12 heteroatoms. The second-order valence-corrected chi connectivity index (χ2v) is 9.90. The van der Waals surface area contributed by atoms with Gasteiger partial charge in [0.15, 0.2) is 5.69 Å². The van der Waals surface area contributed by atoms with Crippen LogP contribution in [-0.2, 0) is 6.18 Å². The molecule has 3 heterocycles. The van der Waals surface area contributed by atoms with E-state index < -0.39 is 29.4 Å². The van der Waals surface area contributed by atoms with Gasteiger partial charge >= 0.3 is 12.1 Å². The van der Waals surface area contributed by atoms with Crippen molar-refractivity contribution in [2.75, 3.05) is 49.1 Å². The number of halogens is 5. The maximum atomic E-state index is 15.2. The van der Waals surface area contributed by atoms with E-state index in [1.165, 1.54) is 6.07 Å². The van der Waals surface area contributed by atoms with Crippen molar-refractivity contribution in [2.45, 2.75) is 25.1 Å². The highest BCUT2D eigenvalue weighted by Gasteiger charge is 2.42. The largest absolute Gasteiger partial charge is 0.478 e. The molecule has 0 saturated carbocycles. The lowest BCUT2D eigenvalue weighted by atomic mass is 9.99. The molecule has 2 aliphatic rings. The Kier molecular flexibility index (Phi) is 7.23. The summed E-state index contributed by atoms with van der Waals surface area (Å²) in [6.07, 6.45) is -3.19. The van der Waals surface area contributed by atoms with E-state index in [4.69, 9.17) is 11.6 Å². The van der Waals surface area contributed by atoms with Gasteiger partial charge in [0.1, 0.15) is 11.4 Å². The first-order valence-corrected chi connectivity index (χ1v) is 12.7. The lowest BCUT2D eigenvalue weighted by molar-refractivity contribution is -0.145. The summed E-state index contributed by atoms with van der Waals surface area (Å²) in [5.74, 6) is -2.03. The van der Waals surface area contributed by atoms with Gasteiger partial charge in [-0.1, -0.05) is 23.7 Å². The number of nitrogens with one attached hydrogen (secondary N) is 1. The van der Waals surface area contributed by atoms with Crippen LogP contribution in [0.5, 0.6) is 0 Å². The quantitative estimate of drug-likeness (QED) is 0.419. The second kappa shape index (κ2) is 10.5. The van der Waals surface area contributed by atoms with Gasteiger partial charge in [0.25, 0.3) is 0 Å². The molecule has 2 saturated heterocycles. The number of aromatic nitrogens is 2. The van der Waals surface area contributed by atoms with Crippen molar-refractivity contribution in [3.05, 3.63) is 64.7 Å². The van der Waals surface area contributed by atoms with E-state index >= 15 is 4.39 Å². The summed E-state index contributed by atoms with van der Waals surface area (Å²) in [6, 6.07) is 9.53. The molecule has 1 unspecified atom stereocenters. The Morgan fingerprint density at radius 2 is 1.82 bits per heavy atom. The number of nitrogens with zero attached hydrogens (tertiary/aromatic N) is 4. The van der Waals surface area contributed by atoms with Gasteiger partial charge in [0.05, 0.1) is 17.9 Å². The van der Waals surface area contributed by atoms with Crippen LogP contribution in [-0.4, -0.2) is 60.1 Å². The molecule has 1 atom stereocenters. The van der Waals surface area contributed by atoms with Crippen molar-refractivity contribution in [1.82, 2.24) is 15.1 Å². The van der Waals surface area contributed by atoms with Gasteiger partial charge in [-0.2, -0.15) is 18.3 Å². The Hall–Kier alpha value is -3.31. The molecule has 2 fully saturated rings.